The summed E-state index contributed by atoms with van der Waals surface area (Å²) in [4.78, 5) is 44.2. The van der Waals surface area contributed by atoms with Gasteiger partial charge in [-0.15, -0.1) is 0 Å². The third-order valence-corrected chi connectivity index (χ3v) is 11.8. The normalized spacial score (nSPS) is 28.0. The number of imidazole rings is 1. The van der Waals surface area contributed by atoms with Crippen LogP contribution >= 0.6 is 0 Å². The molecule has 43 heavy (non-hydrogen) atoms. The van der Waals surface area contributed by atoms with E-state index in [1.54, 1.807) is 36.3 Å². The third kappa shape index (κ3) is 6.38. The highest BCUT2D eigenvalue weighted by molar-refractivity contribution is 6.04. The molecule has 1 aromatic heterocycles. The molecule has 236 valence electrons. The van der Waals surface area contributed by atoms with Crippen molar-refractivity contribution in [1.82, 2.24) is 9.55 Å². The molecule has 0 N–H and O–H groups in total. The van der Waals surface area contributed by atoms with Crippen molar-refractivity contribution in [1.29, 1.82) is 5.26 Å². The highest BCUT2D eigenvalue weighted by Gasteiger charge is 2.61. The topological polar surface area (TPSA) is 92.8 Å². The van der Waals surface area contributed by atoms with Gasteiger partial charge in [-0.05, 0) is 80.1 Å². The van der Waals surface area contributed by atoms with E-state index in [2.05, 4.69) is 66.4 Å². The Morgan fingerprint density at radius 3 is 2.23 bits per heavy atom. The molecule has 2 aliphatic rings. The fourth-order valence-corrected chi connectivity index (χ4v) is 8.42. The van der Waals surface area contributed by atoms with Gasteiger partial charge in [-0.1, -0.05) is 87.3 Å². The van der Waals surface area contributed by atoms with E-state index in [0.29, 0.717) is 6.42 Å². The molecule has 4 atom stereocenters. The van der Waals surface area contributed by atoms with Crippen LogP contribution in [0.5, 0.6) is 0 Å². The zero-order valence-electron chi connectivity index (χ0n) is 28.7. The van der Waals surface area contributed by atoms with E-state index in [1.807, 2.05) is 19.9 Å². The average molecular weight is 590 g/mol. The number of nitriles is 1. The summed E-state index contributed by atoms with van der Waals surface area (Å²) in [6, 6.07) is 2.17. The van der Waals surface area contributed by atoms with Gasteiger partial charge in [0, 0.05) is 28.6 Å². The number of fused-ring (bicyclic) bond motifs is 1. The average Bonchev–Trinajstić information content (AvgIpc) is 3.45. The minimum Gasteiger partial charge on any atom is -0.295 e. The lowest BCUT2D eigenvalue weighted by Gasteiger charge is -2.61. The van der Waals surface area contributed by atoms with Gasteiger partial charge in [0.2, 0.25) is 5.91 Å². The fourth-order valence-electron chi connectivity index (χ4n) is 8.42. The van der Waals surface area contributed by atoms with Crippen LogP contribution in [0.1, 0.15) is 132 Å². The Morgan fingerprint density at radius 2 is 1.70 bits per heavy atom. The van der Waals surface area contributed by atoms with Gasteiger partial charge in [0.1, 0.15) is 12.4 Å². The number of carbonyl (C=O) groups excluding carboxylic acids is 3. The maximum atomic E-state index is 14.0. The van der Waals surface area contributed by atoms with Crippen molar-refractivity contribution in [3.8, 4) is 6.07 Å². The van der Waals surface area contributed by atoms with E-state index in [4.69, 9.17) is 0 Å². The lowest BCUT2D eigenvalue weighted by Crippen LogP contribution is -2.55. The third-order valence-electron chi connectivity index (χ3n) is 11.8. The Kier molecular flexibility index (Phi) is 9.63. The first kappa shape index (κ1) is 34.7. The molecule has 0 radical (unpaired) electrons. The van der Waals surface area contributed by atoms with Crippen LogP contribution in [-0.2, 0) is 9.59 Å². The second kappa shape index (κ2) is 11.9. The standard InChI is InChI=1S/C37H55N3O3/c1-12-14-32(3,4)16-18-35(9,31(43)40-21-20-39-25-40)19-17-33(5,6)37(11)15-13-28-34(7,8)30(42)27(24-38)23-36(28,10)29(37)22-26(2)41/h20-23,25,28H,12-19H2,1-11H3/b29-22-/t28-,35-,36-,37+/m0/s1. The molecule has 1 saturated carbocycles. The van der Waals surface area contributed by atoms with Crippen LogP contribution in [0.4, 0.5) is 0 Å². The molecule has 6 heteroatoms. The largest absolute Gasteiger partial charge is 0.295 e. The Morgan fingerprint density at radius 1 is 1.07 bits per heavy atom. The number of nitrogens with zero attached hydrogens (tertiary/aromatic N) is 3. The van der Waals surface area contributed by atoms with E-state index in [9.17, 15) is 19.6 Å². The van der Waals surface area contributed by atoms with Gasteiger partial charge in [0.15, 0.2) is 11.6 Å². The molecule has 1 fully saturated rings. The summed E-state index contributed by atoms with van der Waals surface area (Å²) in [6.45, 7) is 23.3. The van der Waals surface area contributed by atoms with E-state index >= 15 is 0 Å². The predicted octanol–water partition coefficient (Wildman–Crippen LogP) is 8.94. The van der Waals surface area contributed by atoms with Crippen LogP contribution in [0.15, 0.2) is 42.0 Å². The minimum absolute atomic E-state index is 0.0204. The predicted molar refractivity (Wildman–Crippen MR) is 172 cm³/mol. The fraction of sp³-hybridized carbons (Fsp3) is 0.703. The molecule has 0 amide bonds. The van der Waals surface area contributed by atoms with Crippen LogP contribution in [0.25, 0.3) is 0 Å². The Labute approximate surface area is 260 Å². The number of Topliss-reactive ketones (excluding diaryl/α,β-unsaturated/α-hetero) is 1. The molecule has 6 nitrogen and oxygen atoms in total. The molecule has 1 heterocycles. The van der Waals surface area contributed by atoms with Crippen molar-refractivity contribution < 1.29 is 14.4 Å². The summed E-state index contributed by atoms with van der Waals surface area (Å²) in [6.07, 6.45) is 15.7. The zero-order valence-corrected chi connectivity index (χ0v) is 28.7. The molecule has 2 aliphatic carbocycles. The summed E-state index contributed by atoms with van der Waals surface area (Å²) in [5.74, 6) is -0.0865. The number of ketones is 2. The summed E-state index contributed by atoms with van der Waals surface area (Å²) in [5, 5.41) is 9.94. The monoisotopic (exact) mass is 589 g/mol. The molecule has 3 rings (SSSR count). The van der Waals surface area contributed by atoms with Crippen LogP contribution < -0.4 is 0 Å². The molecular weight excluding hydrogens is 534 g/mol. The minimum atomic E-state index is -0.711. The van der Waals surface area contributed by atoms with Crippen LogP contribution in [0.2, 0.25) is 0 Å². The van der Waals surface area contributed by atoms with Gasteiger partial charge in [-0.2, -0.15) is 5.26 Å². The lowest BCUT2D eigenvalue weighted by molar-refractivity contribution is -0.131. The highest BCUT2D eigenvalue weighted by Crippen LogP contribution is 2.67. The Hall–Kier alpha value is -2.81. The van der Waals surface area contributed by atoms with E-state index in [0.717, 1.165) is 50.5 Å². The van der Waals surface area contributed by atoms with Crippen molar-refractivity contribution in [2.45, 2.75) is 128 Å². The second-order valence-electron chi connectivity index (χ2n) is 16.2. The SMILES string of the molecule is CCCC(C)(C)CC[C@@](C)(CCC(C)(C)[C@]1(C)CC[C@H]2C(C)(C)C(=O)C(C#N)=C[C@]2(C)/C1=C/C(C)=O)C(=O)n1ccnc1. The molecule has 0 unspecified atom stereocenters. The highest BCUT2D eigenvalue weighted by atomic mass is 16.2. The number of hydrogen-bond acceptors (Lipinski definition) is 5. The van der Waals surface area contributed by atoms with Gasteiger partial charge < -0.3 is 0 Å². The molecule has 1 aromatic rings. The molecular formula is C37H55N3O3. The van der Waals surface area contributed by atoms with Gasteiger partial charge >= 0.3 is 0 Å². The molecule has 0 spiro atoms. The summed E-state index contributed by atoms with van der Waals surface area (Å²) < 4.78 is 1.63. The van der Waals surface area contributed by atoms with Crippen LogP contribution in [0.3, 0.4) is 0 Å². The van der Waals surface area contributed by atoms with Crippen molar-refractivity contribution >= 4 is 17.5 Å². The number of hydrogen-bond donors (Lipinski definition) is 0. The first-order valence-corrected chi connectivity index (χ1v) is 16.1. The molecule has 0 bridgehead atoms. The lowest BCUT2D eigenvalue weighted by atomic mass is 9.42. The van der Waals surface area contributed by atoms with Crippen molar-refractivity contribution in [3.63, 3.8) is 0 Å². The van der Waals surface area contributed by atoms with Gasteiger partial charge in [-0.3, -0.25) is 19.0 Å². The van der Waals surface area contributed by atoms with Crippen LogP contribution in [-0.4, -0.2) is 27.0 Å². The first-order valence-electron chi connectivity index (χ1n) is 16.1. The maximum absolute atomic E-state index is 14.0. The van der Waals surface area contributed by atoms with Crippen LogP contribution in [0, 0.1) is 49.7 Å². The van der Waals surface area contributed by atoms with Gasteiger partial charge in [0.05, 0.1) is 5.57 Å². The summed E-state index contributed by atoms with van der Waals surface area (Å²) in [7, 11) is 0. The van der Waals surface area contributed by atoms with Crippen molar-refractivity contribution in [2.24, 2.45) is 38.4 Å². The van der Waals surface area contributed by atoms with E-state index in [1.165, 1.54) is 0 Å². The molecule has 0 aliphatic heterocycles. The number of allylic oxidation sites excluding steroid dienone is 4. The van der Waals surface area contributed by atoms with E-state index < -0.39 is 21.7 Å². The quantitative estimate of drug-likeness (QED) is 0.240. The maximum Gasteiger partial charge on any atom is 0.237 e. The number of carbonyl (C=O) groups is 3. The van der Waals surface area contributed by atoms with Gasteiger partial charge in [-0.25, -0.2) is 4.98 Å². The molecule has 0 aromatic carbocycles. The second-order valence-corrected chi connectivity index (χ2v) is 16.2. The summed E-state index contributed by atoms with van der Waals surface area (Å²) in [5.41, 5.74) is -1.25. The smallest absolute Gasteiger partial charge is 0.237 e. The Bertz CT molecular complexity index is 1340. The van der Waals surface area contributed by atoms with Gasteiger partial charge in [0.25, 0.3) is 0 Å². The van der Waals surface area contributed by atoms with Crippen molar-refractivity contribution in [3.05, 3.63) is 42.0 Å². The zero-order chi connectivity index (χ0) is 32.6. The van der Waals surface area contributed by atoms with E-state index in [-0.39, 0.29) is 39.8 Å². The van der Waals surface area contributed by atoms with Crippen molar-refractivity contribution in [2.75, 3.05) is 0 Å². The molecule has 0 saturated heterocycles. The number of rotatable bonds is 11. The number of aromatic nitrogens is 2. The first-order chi connectivity index (χ1) is 19.7. The Balaban J connectivity index is 2.05. The summed E-state index contributed by atoms with van der Waals surface area (Å²) >= 11 is 0.